The second-order valence-corrected chi connectivity index (χ2v) is 7.36. The molecule has 24 heavy (non-hydrogen) atoms. The fourth-order valence-corrected chi connectivity index (χ4v) is 3.72. The Morgan fingerprint density at radius 1 is 1.17 bits per heavy atom. The Bertz CT molecular complexity index is 800. The van der Waals surface area contributed by atoms with Crippen molar-refractivity contribution in [2.75, 3.05) is 19.8 Å². The molecular formula is C18H21NO4S. The van der Waals surface area contributed by atoms with E-state index >= 15 is 0 Å². The number of ether oxygens (including phenoxy) is 2. The number of sulfonamides is 1. The summed E-state index contributed by atoms with van der Waals surface area (Å²) in [6.45, 7) is 3.52. The number of rotatable bonds is 7. The van der Waals surface area contributed by atoms with Crippen LogP contribution in [0.4, 0.5) is 0 Å². The summed E-state index contributed by atoms with van der Waals surface area (Å²) in [6.07, 6.45) is 1.56. The normalized spacial score (nSPS) is 13.4. The maximum atomic E-state index is 12.3. The molecule has 0 spiro atoms. The van der Waals surface area contributed by atoms with Crippen LogP contribution >= 0.6 is 0 Å². The number of nitrogens with one attached hydrogen (secondary N) is 1. The molecule has 3 rings (SSSR count). The second-order valence-electron chi connectivity index (χ2n) is 5.59. The number of fused-ring (bicyclic) bond motifs is 1. The van der Waals surface area contributed by atoms with Crippen LogP contribution in [0.2, 0.25) is 0 Å². The van der Waals surface area contributed by atoms with Gasteiger partial charge in [0.05, 0.1) is 18.1 Å². The van der Waals surface area contributed by atoms with Gasteiger partial charge in [-0.05, 0) is 54.8 Å². The van der Waals surface area contributed by atoms with Gasteiger partial charge in [0.2, 0.25) is 10.0 Å². The Kier molecular flexibility index (Phi) is 5.06. The van der Waals surface area contributed by atoms with E-state index in [1.165, 1.54) is 5.56 Å². The van der Waals surface area contributed by atoms with Crippen molar-refractivity contribution < 1.29 is 17.9 Å². The largest absolute Gasteiger partial charge is 0.494 e. The first kappa shape index (κ1) is 16.8. The molecule has 1 heterocycles. The molecular weight excluding hydrogens is 326 g/mol. The first-order valence-corrected chi connectivity index (χ1v) is 9.54. The zero-order chi connectivity index (χ0) is 17.0. The molecule has 1 aliphatic heterocycles. The van der Waals surface area contributed by atoms with Gasteiger partial charge in [-0.2, -0.15) is 0 Å². The van der Waals surface area contributed by atoms with Crippen molar-refractivity contribution in [3.8, 4) is 11.5 Å². The van der Waals surface area contributed by atoms with Gasteiger partial charge in [-0.15, -0.1) is 0 Å². The average Bonchev–Trinajstić information content (AvgIpc) is 3.03. The summed E-state index contributed by atoms with van der Waals surface area (Å²) in [5.74, 6) is 1.60. The highest BCUT2D eigenvalue weighted by Gasteiger charge is 2.15. The Morgan fingerprint density at radius 3 is 2.71 bits per heavy atom. The maximum Gasteiger partial charge on any atom is 0.240 e. The van der Waals surface area contributed by atoms with E-state index in [9.17, 15) is 8.42 Å². The molecule has 6 heteroatoms. The van der Waals surface area contributed by atoms with Gasteiger partial charge in [-0.1, -0.05) is 12.1 Å². The average molecular weight is 347 g/mol. The monoisotopic (exact) mass is 347 g/mol. The smallest absolute Gasteiger partial charge is 0.240 e. The molecule has 0 atom stereocenters. The van der Waals surface area contributed by atoms with E-state index < -0.39 is 10.0 Å². The lowest BCUT2D eigenvalue weighted by atomic mass is 10.1. The molecule has 2 aromatic carbocycles. The fraction of sp³-hybridized carbons (Fsp3) is 0.333. The lowest BCUT2D eigenvalue weighted by Crippen LogP contribution is -2.26. The Balaban J connectivity index is 1.58. The highest BCUT2D eigenvalue weighted by atomic mass is 32.2. The molecule has 2 aromatic rings. The summed E-state index contributed by atoms with van der Waals surface area (Å²) in [5.41, 5.74) is 2.30. The van der Waals surface area contributed by atoms with E-state index in [0.29, 0.717) is 25.3 Å². The third-order valence-corrected chi connectivity index (χ3v) is 5.38. The zero-order valence-corrected chi connectivity index (χ0v) is 14.4. The molecule has 0 unspecified atom stereocenters. The van der Waals surface area contributed by atoms with Crippen molar-refractivity contribution in [2.24, 2.45) is 0 Å². The number of hydrogen-bond donors (Lipinski definition) is 1. The highest BCUT2D eigenvalue weighted by Crippen LogP contribution is 2.26. The quantitative estimate of drug-likeness (QED) is 0.836. The van der Waals surface area contributed by atoms with Gasteiger partial charge in [-0.25, -0.2) is 13.1 Å². The van der Waals surface area contributed by atoms with Crippen molar-refractivity contribution in [3.63, 3.8) is 0 Å². The summed E-state index contributed by atoms with van der Waals surface area (Å²) in [7, 11) is -3.50. The molecule has 0 aliphatic carbocycles. The first-order valence-electron chi connectivity index (χ1n) is 8.05. The molecule has 0 saturated carbocycles. The van der Waals surface area contributed by atoms with Crippen LogP contribution in [0.1, 0.15) is 18.1 Å². The van der Waals surface area contributed by atoms with Crippen LogP contribution in [0, 0.1) is 0 Å². The van der Waals surface area contributed by atoms with Crippen LogP contribution in [0.15, 0.2) is 47.4 Å². The van der Waals surface area contributed by atoms with Gasteiger partial charge < -0.3 is 9.47 Å². The predicted octanol–water partition coefficient (Wildman–Crippen LogP) is 2.54. The van der Waals surface area contributed by atoms with E-state index in [-0.39, 0.29) is 4.90 Å². The summed E-state index contributed by atoms with van der Waals surface area (Å²) >= 11 is 0. The van der Waals surface area contributed by atoms with Crippen LogP contribution < -0.4 is 14.2 Å². The maximum absolute atomic E-state index is 12.3. The van der Waals surface area contributed by atoms with Gasteiger partial charge in [-0.3, -0.25) is 0 Å². The third-order valence-electron chi connectivity index (χ3n) is 3.90. The predicted molar refractivity (Wildman–Crippen MR) is 92.1 cm³/mol. The summed E-state index contributed by atoms with van der Waals surface area (Å²) in [6, 6.07) is 12.5. The summed E-state index contributed by atoms with van der Waals surface area (Å²) in [4.78, 5) is 0.244. The molecule has 0 saturated heterocycles. The summed E-state index contributed by atoms with van der Waals surface area (Å²) in [5, 5.41) is 0. The van der Waals surface area contributed by atoms with Gasteiger partial charge in [0, 0.05) is 13.0 Å². The standard InChI is InChI=1S/C18H21NO4S/c1-2-22-16-4-6-17(7-5-16)24(20,21)19-11-9-14-3-8-18-15(13-14)10-12-23-18/h3-8,13,19H,2,9-12H2,1H3. The minimum absolute atomic E-state index is 0.244. The molecule has 0 amide bonds. The lowest BCUT2D eigenvalue weighted by Gasteiger charge is -2.09. The van der Waals surface area contributed by atoms with Crippen LogP contribution in [-0.4, -0.2) is 28.2 Å². The van der Waals surface area contributed by atoms with E-state index in [4.69, 9.17) is 9.47 Å². The van der Waals surface area contributed by atoms with Crippen molar-refractivity contribution in [1.29, 1.82) is 0 Å². The molecule has 0 fully saturated rings. The van der Waals surface area contributed by atoms with Gasteiger partial charge in [0.1, 0.15) is 11.5 Å². The molecule has 1 N–H and O–H groups in total. The molecule has 0 bridgehead atoms. The third kappa shape index (κ3) is 3.88. The first-order chi connectivity index (χ1) is 11.6. The van der Waals surface area contributed by atoms with Crippen molar-refractivity contribution in [1.82, 2.24) is 4.72 Å². The molecule has 0 radical (unpaired) electrons. The molecule has 0 aromatic heterocycles. The minimum atomic E-state index is -3.50. The molecule has 5 nitrogen and oxygen atoms in total. The lowest BCUT2D eigenvalue weighted by molar-refractivity contribution is 0.340. The Morgan fingerprint density at radius 2 is 1.96 bits per heavy atom. The number of benzene rings is 2. The van der Waals surface area contributed by atoms with Crippen LogP contribution in [0.5, 0.6) is 11.5 Å². The van der Waals surface area contributed by atoms with Crippen molar-refractivity contribution in [3.05, 3.63) is 53.6 Å². The molecule has 1 aliphatic rings. The number of hydrogen-bond acceptors (Lipinski definition) is 4. The van der Waals surface area contributed by atoms with Crippen LogP contribution in [-0.2, 0) is 22.9 Å². The van der Waals surface area contributed by atoms with Crippen LogP contribution in [0.25, 0.3) is 0 Å². The Hall–Kier alpha value is -2.05. The van der Waals surface area contributed by atoms with Gasteiger partial charge >= 0.3 is 0 Å². The highest BCUT2D eigenvalue weighted by molar-refractivity contribution is 7.89. The Labute approximate surface area is 142 Å². The van der Waals surface area contributed by atoms with E-state index in [1.54, 1.807) is 24.3 Å². The zero-order valence-electron chi connectivity index (χ0n) is 13.6. The van der Waals surface area contributed by atoms with Crippen molar-refractivity contribution in [2.45, 2.75) is 24.7 Å². The van der Waals surface area contributed by atoms with E-state index in [2.05, 4.69) is 10.8 Å². The second kappa shape index (κ2) is 7.23. The summed E-state index contributed by atoms with van der Waals surface area (Å²) < 4.78 is 38.1. The van der Waals surface area contributed by atoms with Crippen LogP contribution in [0.3, 0.4) is 0 Å². The van der Waals surface area contributed by atoms with Gasteiger partial charge in [0.15, 0.2) is 0 Å². The SMILES string of the molecule is CCOc1ccc(S(=O)(=O)NCCc2ccc3c(c2)CCO3)cc1. The van der Waals surface area contributed by atoms with E-state index in [1.807, 2.05) is 19.1 Å². The van der Waals surface area contributed by atoms with E-state index in [0.717, 1.165) is 24.3 Å². The molecule has 128 valence electrons. The van der Waals surface area contributed by atoms with Gasteiger partial charge in [0.25, 0.3) is 0 Å². The minimum Gasteiger partial charge on any atom is -0.494 e. The topological polar surface area (TPSA) is 64.6 Å². The fourth-order valence-electron chi connectivity index (χ4n) is 2.69. The van der Waals surface area contributed by atoms with Crippen molar-refractivity contribution >= 4 is 10.0 Å².